The van der Waals surface area contributed by atoms with E-state index in [-0.39, 0.29) is 12.8 Å². The Bertz CT molecular complexity index is 505. The van der Waals surface area contributed by atoms with Crippen molar-refractivity contribution < 1.29 is 9.59 Å². The summed E-state index contributed by atoms with van der Waals surface area (Å²) in [5.41, 5.74) is -2.08. The lowest BCUT2D eigenvalue weighted by atomic mass is 9.96. The van der Waals surface area contributed by atoms with Gasteiger partial charge >= 0.3 is 0 Å². The lowest BCUT2D eigenvalue weighted by molar-refractivity contribution is -0.112. The molecule has 0 radical (unpaired) electrons. The minimum Gasteiger partial charge on any atom is -0.281 e. The van der Waals surface area contributed by atoms with Crippen molar-refractivity contribution in [2.75, 3.05) is 0 Å². The maximum Gasteiger partial charge on any atom is 0.221 e. The highest BCUT2D eigenvalue weighted by atomic mass is 35.5. The highest BCUT2D eigenvalue weighted by Crippen LogP contribution is 2.25. The fraction of sp³-hybridized carbons (Fsp3) is 0.750. The van der Waals surface area contributed by atoms with Crippen LogP contribution in [0.3, 0.4) is 0 Å². The molecule has 0 heterocycles. The smallest absolute Gasteiger partial charge is 0.221 e. The van der Waals surface area contributed by atoms with Crippen LogP contribution in [0.15, 0.2) is 10.2 Å². The Morgan fingerprint density at radius 2 is 1.17 bits per heavy atom. The van der Waals surface area contributed by atoms with Gasteiger partial charge in [0.1, 0.15) is 0 Å². The van der Waals surface area contributed by atoms with Gasteiger partial charge in [0.15, 0.2) is 11.1 Å². The lowest BCUT2D eigenvalue weighted by Crippen LogP contribution is -2.23. The minimum atomic E-state index is -1.04. The predicted molar refractivity (Wildman–Crippen MR) is 91.5 cm³/mol. The first-order valence-corrected chi connectivity index (χ1v) is 8.55. The van der Waals surface area contributed by atoms with Crippen LogP contribution >= 0.6 is 23.2 Å². The van der Waals surface area contributed by atoms with Crippen LogP contribution in [0.25, 0.3) is 0 Å². The van der Waals surface area contributed by atoms with E-state index in [0.29, 0.717) is 38.5 Å². The van der Waals surface area contributed by atoms with Crippen LogP contribution in [0.1, 0.15) is 65.2 Å². The molecule has 0 aromatic carbocycles. The van der Waals surface area contributed by atoms with E-state index >= 15 is 0 Å². The molecule has 0 aliphatic rings. The number of rotatable bonds is 12. The Morgan fingerprint density at radius 1 is 0.833 bits per heavy atom. The molecule has 24 heavy (non-hydrogen) atoms. The summed E-state index contributed by atoms with van der Waals surface area (Å²) in [6, 6.07) is 4.19. The lowest BCUT2D eigenvalue weighted by Gasteiger charge is -2.19. The van der Waals surface area contributed by atoms with Crippen molar-refractivity contribution in [3.63, 3.8) is 0 Å². The molecule has 0 aliphatic heterocycles. The molecule has 0 saturated carbocycles. The zero-order chi connectivity index (χ0) is 18.6. The molecule has 0 rings (SSSR count). The fourth-order valence-corrected chi connectivity index (χ4v) is 2.21. The number of carbonyl (C=O) groups is 2. The van der Waals surface area contributed by atoms with Gasteiger partial charge in [0.2, 0.25) is 10.5 Å². The van der Waals surface area contributed by atoms with E-state index in [1.165, 1.54) is 0 Å². The normalized spacial score (nSPS) is 15.9. The molecule has 0 aromatic heterocycles. The van der Waals surface area contributed by atoms with Gasteiger partial charge in [0.25, 0.3) is 0 Å². The topological polar surface area (TPSA) is 106 Å². The summed E-state index contributed by atoms with van der Waals surface area (Å²) in [4.78, 5) is 21.4. The third kappa shape index (κ3) is 10.3. The third-order valence-corrected chi connectivity index (χ3v) is 3.92. The van der Waals surface area contributed by atoms with E-state index in [4.69, 9.17) is 23.2 Å². The summed E-state index contributed by atoms with van der Waals surface area (Å²) in [7, 11) is 0. The van der Waals surface area contributed by atoms with Crippen molar-refractivity contribution in [1.82, 2.24) is 0 Å². The maximum absolute atomic E-state index is 10.7. The molecular formula is C16H22Cl2N4O2. The fourth-order valence-electron chi connectivity index (χ4n) is 1.94. The van der Waals surface area contributed by atoms with Gasteiger partial charge in [-0.05, 0) is 75.6 Å². The van der Waals surface area contributed by atoms with Crippen molar-refractivity contribution >= 4 is 33.7 Å². The Kier molecular flexibility index (Phi) is 10.4. The van der Waals surface area contributed by atoms with E-state index in [2.05, 4.69) is 22.4 Å². The molecule has 132 valence electrons. The molecule has 6 nitrogen and oxygen atoms in total. The number of unbranched alkanes of at least 4 members (excludes halogenated alkanes) is 2. The Labute approximate surface area is 152 Å². The van der Waals surface area contributed by atoms with Crippen LogP contribution in [-0.4, -0.2) is 21.6 Å². The Morgan fingerprint density at radius 3 is 1.42 bits per heavy atom. The van der Waals surface area contributed by atoms with Gasteiger partial charge in [0, 0.05) is 12.8 Å². The maximum atomic E-state index is 10.7. The first-order chi connectivity index (χ1) is 11.2. The highest BCUT2D eigenvalue weighted by molar-refractivity contribution is 6.63. The molecular weight excluding hydrogens is 351 g/mol. The molecule has 0 amide bonds. The average molecular weight is 373 g/mol. The first-order valence-electron chi connectivity index (χ1n) is 7.79. The second kappa shape index (κ2) is 11.1. The number of nitrogens with zero attached hydrogens (tertiary/aromatic N) is 4. The van der Waals surface area contributed by atoms with Gasteiger partial charge in [0.05, 0.1) is 12.1 Å². The summed E-state index contributed by atoms with van der Waals surface area (Å²) >= 11 is 10.5. The van der Waals surface area contributed by atoms with E-state index in [0.717, 1.165) is 0 Å². The zero-order valence-corrected chi connectivity index (χ0v) is 15.5. The molecule has 0 N–H and O–H groups in total. The molecule has 0 fully saturated rings. The van der Waals surface area contributed by atoms with Crippen molar-refractivity contribution in [3.8, 4) is 12.1 Å². The molecule has 2 atom stereocenters. The first kappa shape index (κ1) is 22.5. The quantitative estimate of drug-likeness (QED) is 0.282. The summed E-state index contributed by atoms with van der Waals surface area (Å²) in [5.74, 6) is 0. The summed E-state index contributed by atoms with van der Waals surface area (Å²) in [6.07, 6.45) is 3.77. The number of carbonyl (C=O) groups excluding carboxylic acids is 2. The average Bonchev–Trinajstić information content (AvgIpc) is 2.53. The molecule has 0 saturated heterocycles. The Balaban J connectivity index is 4.62. The van der Waals surface area contributed by atoms with Crippen LogP contribution in [0, 0.1) is 22.7 Å². The summed E-state index contributed by atoms with van der Waals surface area (Å²) in [6.45, 7) is 3.28. The molecule has 2 unspecified atom stereocenters. The van der Waals surface area contributed by atoms with Crippen molar-refractivity contribution in [3.05, 3.63) is 0 Å². The summed E-state index contributed by atoms with van der Waals surface area (Å²) < 4.78 is 0. The van der Waals surface area contributed by atoms with Crippen LogP contribution in [-0.2, 0) is 9.59 Å². The standard InChI is InChI=1S/C16H22Cl2N4O2/c1-15(11-19,9-5-3-7-13(17)23)21-22-16(2,12-20)10-6-4-8-14(18)24/h3-10H2,1-2H3. The SMILES string of the molecule is CC(C#N)(CCCCC(=O)Cl)N=NC(C)(C#N)CCCCC(=O)Cl. The number of hydrogen-bond acceptors (Lipinski definition) is 6. The van der Waals surface area contributed by atoms with Crippen molar-refractivity contribution in [1.29, 1.82) is 10.5 Å². The van der Waals surface area contributed by atoms with Crippen molar-refractivity contribution in [2.24, 2.45) is 10.2 Å². The zero-order valence-electron chi connectivity index (χ0n) is 14.0. The van der Waals surface area contributed by atoms with Gasteiger partial charge in [-0.25, -0.2) is 0 Å². The second-order valence-electron chi connectivity index (χ2n) is 6.10. The van der Waals surface area contributed by atoms with Gasteiger partial charge in [-0.1, -0.05) is 0 Å². The largest absolute Gasteiger partial charge is 0.281 e. The number of nitriles is 2. The molecule has 0 bridgehead atoms. The predicted octanol–water partition coefficient (Wildman–Crippen LogP) is 4.65. The van der Waals surface area contributed by atoms with E-state index in [1.807, 2.05) is 0 Å². The van der Waals surface area contributed by atoms with E-state index in [9.17, 15) is 20.1 Å². The van der Waals surface area contributed by atoms with Gasteiger partial charge < -0.3 is 0 Å². The number of halogens is 2. The van der Waals surface area contributed by atoms with Gasteiger partial charge in [-0.2, -0.15) is 20.8 Å². The number of azo groups is 1. The molecule has 0 aromatic rings. The molecule has 8 heteroatoms. The van der Waals surface area contributed by atoms with Gasteiger partial charge in [-0.15, -0.1) is 0 Å². The van der Waals surface area contributed by atoms with Crippen molar-refractivity contribution in [2.45, 2.75) is 76.3 Å². The van der Waals surface area contributed by atoms with Crippen LogP contribution in [0.2, 0.25) is 0 Å². The van der Waals surface area contributed by atoms with E-state index in [1.54, 1.807) is 13.8 Å². The molecule has 0 spiro atoms. The minimum absolute atomic E-state index is 0.259. The third-order valence-electron chi connectivity index (χ3n) is 3.55. The van der Waals surface area contributed by atoms with Crippen LogP contribution in [0.5, 0.6) is 0 Å². The van der Waals surface area contributed by atoms with E-state index < -0.39 is 21.6 Å². The van der Waals surface area contributed by atoms with Crippen LogP contribution in [0.4, 0.5) is 0 Å². The second-order valence-corrected chi connectivity index (χ2v) is 6.94. The Hall–Kier alpha value is -1.50. The molecule has 0 aliphatic carbocycles. The highest BCUT2D eigenvalue weighted by Gasteiger charge is 2.27. The van der Waals surface area contributed by atoms with Crippen LogP contribution < -0.4 is 0 Å². The monoisotopic (exact) mass is 372 g/mol. The summed E-state index contributed by atoms with van der Waals surface area (Å²) in [5, 5.41) is 26.0. The van der Waals surface area contributed by atoms with Gasteiger partial charge in [-0.3, -0.25) is 9.59 Å². The number of hydrogen-bond donors (Lipinski definition) is 0.